The lowest BCUT2D eigenvalue weighted by atomic mass is 9.98. The van der Waals surface area contributed by atoms with E-state index in [1.807, 2.05) is 84.9 Å². The Morgan fingerprint density at radius 3 is 1.97 bits per heavy atom. The van der Waals surface area contributed by atoms with Crippen molar-refractivity contribution in [2.45, 2.75) is 6.92 Å². The maximum atomic E-state index is 13.6. The first kappa shape index (κ1) is 18.1. The maximum Gasteiger partial charge on any atom is 0.260 e. The predicted molar refractivity (Wildman–Crippen MR) is 122 cm³/mol. The number of aryl methyl sites for hydroxylation is 1. The third-order valence-electron chi connectivity index (χ3n) is 5.63. The van der Waals surface area contributed by atoms with Crippen molar-refractivity contribution in [1.29, 1.82) is 0 Å². The molecule has 3 aromatic carbocycles. The molecule has 30 heavy (non-hydrogen) atoms. The Bertz CT molecular complexity index is 1480. The van der Waals surface area contributed by atoms with E-state index in [4.69, 9.17) is 0 Å². The van der Waals surface area contributed by atoms with E-state index in [1.165, 1.54) is 0 Å². The SMILES string of the molecule is CC(=O)n1c(-c2ccccc2)c(-c2ccccc2)c2c(=O)n(C)c3ccccc3c21. The van der Waals surface area contributed by atoms with Crippen LogP contribution in [-0.2, 0) is 7.05 Å². The van der Waals surface area contributed by atoms with Crippen LogP contribution < -0.4 is 5.56 Å². The van der Waals surface area contributed by atoms with Gasteiger partial charge < -0.3 is 4.57 Å². The summed E-state index contributed by atoms with van der Waals surface area (Å²) in [5.41, 5.74) is 4.70. The standard InChI is InChI=1S/C26H20N2O2/c1-17(29)28-24(19-13-7-4-8-14-19)22(18-11-5-3-6-12-18)23-25(28)20-15-9-10-16-21(20)27(2)26(23)30/h3-16H,1-2H3. The van der Waals surface area contributed by atoms with Crippen LogP contribution in [0.4, 0.5) is 0 Å². The number of pyridine rings is 1. The zero-order valence-corrected chi connectivity index (χ0v) is 16.8. The Morgan fingerprint density at radius 2 is 1.33 bits per heavy atom. The largest absolute Gasteiger partial charge is 0.311 e. The highest BCUT2D eigenvalue weighted by Crippen LogP contribution is 2.41. The summed E-state index contributed by atoms with van der Waals surface area (Å²) in [4.78, 5) is 26.6. The number of carbonyl (C=O) groups excluding carboxylic acids is 1. The topological polar surface area (TPSA) is 44.0 Å². The van der Waals surface area contributed by atoms with Crippen molar-refractivity contribution in [3.05, 3.63) is 95.3 Å². The number of benzene rings is 3. The highest BCUT2D eigenvalue weighted by atomic mass is 16.2. The number of hydrogen-bond acceptors (Lipinski definition) is 2. The minimum atomic E-state index is -0.126. The van der Waals surface area contributed by atoms with E-state index in [1.54, 1.807) is 23.1 Å². The number of aromatic nitrogens is 2. The Kier molecular flexibility index (Phi) is 4.14. The van der Waals surface area contributed by atoms with E-state index in [9.17, 15) is 9.59 Å². The number of carbonyl (C=O) groups is 1. The summed E-state index contributed by atoms with van der Waals surface area (Å²) in [5, 5.41) is 1.45. The van der Waals surface area contributed by atoms with Crippen molar-refractivity contribution < 1.29 is 4.79 Å². The molecule has 0 radical (unpaired) electrons. The fourth-order valence-electron chi connectivity index (χ4n) is 4.35. The molecule has 5 aromatic rings. The van der Waals surface area contributed by atoms with Gasteiger partial charge in [-0.1, -0.05) is 78.9 Å². The van der Waals surface area contributed by atoms with E-state index < -0.39 is 0 Å². The smallest absolute Gasteiger partial charge is 0.260 e. The van der Waals surface area contributed by atoms with Crippen LogP contribution in [0.1, 0.15) is 11.7 Å². The van der Waals surface area contributed by atoms with Gasteiger partial charge >= 0.3 is 0 Å². The summed E-state index contributed by atoms with van der Waals surface area (Å²) in [6.07, 6.45) is 0. The van der Waals surface area contributed by atoms with Gasteiger partial charge in [-0.3, -0.25) is 14.2 Å². The summed E-state index contributed by atoms with van der Waals surface area (Å²) in [6.45, 7) is 1.55. The zero-order chi connectivity index (χ0) is 20.8. The van der Waals surface area contributed by atoms with E-state index in [2.05, 4.69) is 0 Å². The summed E-state index contributed by atoms with van der Waals surface area (Å²) in [6, 6.07) is 27.4. The predicted octanol–water partition coefficient (Wildman–Crippen LogP) is 5.49. The van der Waals surface area contributed by atoms with E-state index in [0.717, 1.165) is 33.3 Å². The van der Waals surface area contributed by atoms with Crippen molar-refractivity contribution in [2.75, 3.05) is 0 Å². The Morgan fingerprint density at radius 1 is 0.767 bits per heavy atom. The van der Waals surface area contributed by atoms with Gasteiger partial charge in [-0.05, 0) is 17.2 Å². The molecule has 0 fully saturated rings. The summed E-state index contributed by atoms with van der Waals surface area (Å²) in [7, 11) is 1.78. The molecular weight excluding hydrogens is 372 g/mol. The lowest BCUT2D eigenvalue weighted by Gasteiger charge is -2.11. The monoisotopic (exact) mass is 392 g/mol. The molecule has 0 saturated carbocycles. The van der Waals surface area contributed by atoms with Gasteiger partial charge in [-0.2, -0.15) is 0 Å². The van der Waals surface area contributed by atoms with Crippen molar-refractivity contribution in [1.82, 2.24) is 9.13 Å². The molecule has 146 valence electrons. The third kappa shape index (κ3) is 2.54. The molecule has 0 saturated heterocycles. The van der Waals surface area contributed by atoms with Crippen LogP contribution in [0.25, 0.3) is 44.2 Å². The summed E-state index contributed by atoms with van der Waals surface area (Å²) < 4.78 is 3.38. The zero-order valence-electron chi connectivity index (χ0n) is 16.8. The van der Waals surface area contributed by atoms with Crippen LogP contribution in [0, 0.1) is 0 Å². The first-order chi connectivity index (χ1) is 14.6. The molecule has 0 aliphatic rings. The summed E-state index contributed by atoms with van der Waals surface area (Å²) >= 11 is 0. The fraction of sp³-hybridized carbons (Fsp3) is 0.0769. The van der Waals surface area contributed by atoms with Crippen LogP contribution in [-0.4, -0.2) is 15.0 Å². The van der Waals surface area contributed by atoms with Gasteiger partial charge in [0.1, 0.15) is 0 Å². The second-order valence-corrected chi connectivity index (χ2v) is 7.42. The van der Waals surface area contributed by atoms with Crippen LogP contribution in [0.15, 0.2) is 89.7 Å². The maximum absolute atomic E-state index is 13.6. The highest BCUT2D eigenvalue weighted by molar-refractivity contribution is 6.17. The molecule has 2 heterocycles. The van der Waals surface area contributed by atoms with E-state index in [0.29, 0.717) is 10.9 Å². The minimum absolute atomic E-state index is 0.111. The minimum Gasteiger partial charge on any atom is -0.311 e. The molecule has 0 spiro atoms. The molecule has 0 atom stereocenters. The lowest BCUT2D eigenvalue weighted by Crippen LogP contribution is -2.18. The van der Waals surface area contributed by atoms with Crippen molar-refractivity contribution >= 4 is 27.7 Å². The second-order valence-electron chi connectivity index (χ2n) is 7.42. The molecule has 0 N–H and O–H groups in total. The first-order valence-corrected chi connectivity index (χ1v) is 9.87. The molecule has 4 heteroatoms. The van der Waals surface area contributed by atoms with Crippen LogP contribution >= 0.6 is 0 Å². The van der Waals surface area contributed by atoms with Crippen molar-refractivity contribution in [2.24, 2.45) is 7.05 Å². The van der Waals surface area contributed by atoms with Crippen molar-refractivity contribution in [3.63, 3.8) is 0 Å². The second kappa shape index (κ2) is 6.85. The quantitative estimate of drug-likeness (QED) is 0.399. The molecular formula is C26H20N2O2. The van der Waals surface area contributed by atoms with E-state index >= 15 is 0 Å². The molecule has 0 aliphatic heterocycles. The van der Waals surface area contributed by atoms with Gasteiger partial charge in [-0.15, -0.1) is 0 Å². The number of nitrogens with zero attached hydrogens (tertiary/aromatic N) is 2. The van der Waals surface area contributed by atoms with Gasteiger partial charge in [0.15, 0.2) is 0 Å². The van der Waals surface area contributed by atoms with Gasteiger partial charge in [0.2, 0.25) is 5.91 Å². The number of para-hydroxylation sites is 1. The number of fused-ring (bicyclic) bond motifs is 3. The number of rotatable bonds is 2. The molecule has 5 rings (SSSR count). The van der Waals surface area contributed by atoms with Gasteiger partial charge in [0, 0.05) is 24.9 Å². The van der Waals surface area contributed by atoms with Crippen LogP contribution in [0.3, 0.4) is 0 Å². The lowest BCUT2D eigenvalue weighted by molar-refractivity contribution is 0.0943. The van der Waals surface area contributed by atoms with Gasteiger partial charge in [0.25, 0.3) is 5.56 Å². The molecule has 4 nitrogen and oxygen atoms in total. The molecule has 0 amide bonds. The molecule has 0 aliphatic carbocycles. The average molecular weight is 392 g/mol. The van der Waals surface area contributed by atoms with Crippen molar-refractivity contribution in [3.8, 4) is 22.4 Å². The average Bonchev–Trinajstić information content (AvgIpc) is 3.15. The van der Waals surface area contributed by atoms with Gasteiger partial charge in [0.05, 0.1) is 22.1 Å². The molecule has 2 aromatic heterocycles. The first-order valence-electron chi connectivity index (χ1n) is 9.87. The Labute approximate surface area is 173 Å². The molecule has 0 bridgehead atoms. The summed E-state index contributed by atoms with van der Waals surface area (Å²) in [5.74, 6) is -0.126. The van der Waals surface area contributed by atoms with Crippen LogP contribution in [0.2, 0.25) is 0 Å². The van der Waals surface area contributed by atoms with Gasteiger partial charge in [-0.25, -0.2) is 0 Å². The normalized spacial score (nSPS) is 11.3. The Balaban J connectivity index is 2.14. The highest BCUT2D eigenvalue weighted by Gasteiger charge is 2.26. The Hall–Kier alpha value is -3.92. The number of hydrogen-bond donors (Lipinski definition) is 0. The third-order valence-corrected chi connectivity index (χ3v) is 5.63. The fourth-order valence-corrected chi connectivity index (χ4v) is 4.35. The van der Waals surface area contributed by atoms with E-state index in [-0.39, 0.29) is 11.5 Å². The molecule has 0 unspecified atom stereocenters. The van der Waals surface area contributed by atoms with Crippen LogP contribution in [0.5, 0.6) is 0 Å².